The minimum Gasteiger partial charge on any atom is -0.377 e. The van der Waals surface area contributed by atoms with Crippen LogP contribution in [-0.2, 0) is 22.1 Å². The van der Waals surface area contributed by atoms with E-state index in [-0.39, 0.29) is 5.25 Å². The highest BCUT2D eigenvalue weighted by atomic mass is 32.2. The summed E-state index contributed by atoms with van der Waals surface area (Å²) in [4.78, 5) is 0. The second-order valence-electron chi connectivity index (χ2n) is 4.02. The molecule has 0 aliphatic carbocycles. The van der Waals surface area contributed by atoms with E-state index in [0.29, 0.717) is 25.5 Å². The molecule has 0 saturated carbocycles. The summed E-state index contributed by atoms with van der Waals surface area (Å²) in [6.07, 6.45) is 0.823. The Bertz CT molecular complexity index is 329. The predicted molar refractivity (Wildman–Crippen MR) is 72.2 cm³/mol. The molecule has 0 aliphatic rings. The van der Waals surface area contributed by atoms with E-state index in [1.807, 2.05) is 37.3 Å². The van der Waals surface area contributed by atoms with Crippen molar-refractivity contribution in [2.75, 3.05) is 18.9 Å². The van der Waals surface area contributed by atoms with Crippen molar-refractivity contribution in [3.05, 3.63) is 35.9 Å². The van der Waals surface area contributed by atoms with Crippen molar-refractivity contribution in [3.8, 4) is 0 Å². The Kier molecular flexibility index (Phi) is 7.08. The fourth-order valence-corrected chi connectivity index (χ4v) is 2.40. The topological polar surface area (TPSA) is 52.3 Å². The lowest BCUT2D eigenvalue weighted by Crippen LogP contribution is -2.24. The smallest absolute Gasteiger partial charge is 0.0716 e. The summed E-state index contributed by atoms with van der Waals surface area (Å²) >= 11 is 0. The van der Waals surface area contributed by atoms with Crippen LogP contribution in [0.5, 0.6) is 0 Å². The van der Waals surface area contributed by atoms with Gasteiger partial charge in [-0.3, -0.25) is 4.21 Å². The second kappa shape index (κ2) is 8.39. The van der Waals surface area contributed by atoms with Crippen molar-refractivity contribution in [2.24, 2.45) is 5.73 Å². The Morgan fingerprint density at radius 3 is 2.71 bits per heavy atom. The van der Waals surface area contributed by atoms with E-state index in [2.05, 4.69) is 0 Å². The molecule has 0 fully saturated rings. The summed E-state index contributed by atoms with van der Waals surface area (Å²) in [7, 11) is -0.818. The summed E-state index contributed by atoms with van der Waals surface area (Å²) in [6, 6.07) is 10.1. The zero-order valence-electron chi connectivity index (χ0n) is 10.3. The maximum Gasteiger partial charge on any atom is 0.0716 e. The minimum atomic E-state index is -0.818. The van der Waals surface area contributed by atoms with Crippen molar-refractivity contribution in [1.82, 2.24) is 0 Å². The zero-order valence-corrected chi connectivity index (χ0v) is 11.1. The van der Waals surface area contributed by atoms with E-state index in [1.165, 1.54) is 5.56 Å². The fraction of sp³-hybridized carbons (Fsp3) is 0.538. The Hall–Kier alpha value is -0.710. The molecule has 1 aromatic rings. The Labute approximate surface area is 106 Å². The number of rotatable bonds is 8. The molecular weight excluding hydrogens is 234 g/mol. The van der Waals surface area contributed by atoms with Gasteiger partial charge in [0, 0.05) is 35.0 Å². The summed E-state index contributed by atoms with van der Waals surface area (Å²) in [5.41, 5.74) is 6.63. The van der Waals surface area contributed by atoms with Gasteiger partial charge in [-0.25, -0.2) is 0 Å². The monoisotopic (exact) mass is 255 g/mol. The molecule has 0 radical (unpaired) electrons. The van der Waals surface area contributed by atoms with Gasteiger partial charge in [0.2, 0.25) is 0 Å². The van der Waals surface area contributed by atoms with Gasteiger partial charge in [0.05, 0.1) is 6.61 Å². The number of hydrogen-bond acceptors (Lipinski definition) is 3. The highest BCUT2D eigenvalue weighted by Gasteiger charge is 2.07. The molecule has 1 aromatic carbocycles. The van der Waals surface area contributed by atoms with Crippen molar-refractivity contribution < 1.29 is 8.95 Å². The zero-order chi connectivity index (χ0) is 12.5. The summed E-state index contributed by atoms with van der Waals surface area (Å²) in [5, 5.41) is 0.0872. The van der Waals surface area contributed by atoms with Gasteiger partial charge in [0.1, 0.15) is 0 Å². The molecule has 0 spiro atoms. The number of nitrogens with two attached hydrogens (primary N) is 1. The lowest BCUT2D eigenvalue weighted by atomic mass is 10.2. The molecule has 0 aliphatic heterocycles. The van der Waals surface area contributed by atoms with Crippen molar-refractivity contribution in [3.63, 3.8) is 0 Å². The standard InChI is InChI=1S/C13H21NO2S/c1-12(10-14)17(15)9-5-8-16-11-13-6-3-2-4-7-13/h2-4,6-7,12H,5,8-11,14H2,1H3. The van der Waals surface area contributed by atoms with E-state index >= 15 is 0 Å². The van der Waals surface area contributed by atoms with E-state index in [9.17, 15) is 4.21 Å². The maximum atomic E-state index is 11.6. The van der Waals surface area contributed by atoms with E-state index in [4.69, 9.17) is 10.5 Å². The molecule has 3 nitrogen and oxygen atoms in total. The van der Waals surface area contributed by atoms with Crippen LogP contribution in [0.4, 0.5) is 0 Å². The van der Waals surface area contributed by atoms with Crippen LogP contribution < -0.4 is 5.73 Å². The molecule has 0 amide bonds. The molecule has 0 saturated heterocycles. The largest absolute Gasteiger partial charge is 0.377 e. The van der Waals surface area contributed by atoms with Gasteiger partial charge in [-0.05, 0) is 18.9 Å². The number of ether oxygens (including phenoxy) is 1. The molecule has 0 aromatic heterocycles. The highest BCUT2D eigenvalue weighted by Crippen LogP contribution is 2.02. The van der Waals surface area contributed by atoms with Gasteiger partial charge in [-0.2, -0.15) is 0 Å². The molecule has 1 rings (SSSR count). The molecule has 0 bridgehead atoms. The van der Waals surface area contributed by atoms with Gasteiger partial charge in [-0.15, -0.1) is 0 Å². The van der Waals surface area contributed by atoms with Crippen molar-refractivity contribution >= 4 is 10.8 Å². The first kappa shape index (κ1) is 14.4. The number of benzene rings is 1. The maximum absolute atomic E-state index is 11.6. The van der Waals surface area contributed by atoms with Gasteiger partial charge < -0.3 is 10.5 Å². The third-order valence-electron chi connectivity index (χ3n) is 2.53. The fourth-order valence-electron chi connectivity index (χ4n) is 1.38. The Balaban J connectivity index is 2.07. The molecule has 2 N–H and O–H groups in total. The lowest BCUT2D eigenvalue weighted by Gasteiger charge is -2.08. The van der Waals surface area contributed by atoms with Crippen LogP contribution >= 0.6 is 0 Å². The summed E-state index contributed by atoms with van der Waals surface area (Å²) in [6.45, 7) is 3.68. The number of hydrogen-bond donors (Lipinski definition) is 1. The molecule has 4 heteroatoms. The third kappa shape index (κ3) is 5.96. The SMILES string of the molecule is CC(CN)S(=O)CCCOCc1ccccc1. The first-order valence-corrected chi connectivity index (χ1v) is 7.31. The molecule has 2 atom stereocenters. The predicted octanol–water partition coefficient (Wildman–Crippen LogP) is 1.69. The van der Waals surface area contributed by atoms with Crippen LogP contribution in [0.25, 0.3) is 0 Å². The van der Waals surface area contributed by atoms with Gasteiger partial charge in [-0.1, -0.05) is 30.3 Å². The average molecular weight is 255 g/mol. The van der Waals surface area contributed by atoms with Gasteiger partial charge in [0.25, 0.3) is 0 Å². The first-order chi connectivity index (χ1) is 8.24. The van der Waals surface area contributed by atoms with Gasteiger partial charge in [0.15, 0.2) is 0 Å². The second-order valence-corrected chi connectivity index (χ2v) is 6.00. The van der Waals surface area contributed by atoms with Crippen LogP contribution in [0.2, 0.25) is 0 Å². The lowest BCUT2D eigenvalue weighted by molar-refractivity contribution is 0.122. The van der Waals surface area contributed by atoms with Gasteiger partial charge >= 0.3 is 0 Å². The molecular formula is C13H21NO2S. The quantitative estimate of drug-likeness (QED) is 0.719. The molecule has 0 heterocycles. The van der Waals surface area contributed by atoms with Crippen LogP contribution in [-0.4, -0.2) is 28.4 Å². The first-order valence-electron chi connectivity index (χ1n) is 5.93. The average Bonchev–Trinajstić information content (AvgIpc) is 2.38. The molecule has 96 valence electrons. The highest BCUT2D eigenvalue weighted by molar-refractivity contribution is 7.85. The van der Waals surface area contributed by atoms with Crippen LogP contribution in [0, 0.1) is 0 Å². The molecule has 17 heavy (non-hydrogen) atoms. The third-order valence-corrected chi connectivity index (χ3v) is 4.31. The summed E-state index contributed by atoms with van der Waals surface area (Å²) in [5.74, 6) is 0.674. The summed E-state index contributed by atoms with van der Waals surface area (Å²) < 4.78 is 17.1. The minimum absolute atomic E-state index is 0.0872. The Morgan fingerprint density at radius 1 is 1.35 bits per heavy atom. The van der Waals surface area contributed by atoms with Crippen LogP contribution in [0.1, 0.15) is 18.9 Å². The Morgan fingerprint density at radius 2 is 2.06 bits per heavy atom. The van der Waals surface area contributed by atoms with Crippen molar-refractivity contribution in [1.29, 1.82) is 0 Å². The van der Waals surface area contributed by atoms with E-state index in [1.54, 1.807) is 0 Å². The van der Waals surface area contributed by atoms with Crippen molar-refractivity contribution in [2.45, 2.75) is 25.2 Å². The van der Waals surface area contributed by atoms with E-state index < -0.39 is 10.8 Å². The van der Waals surface area contributed by atoms with Crippen LogP contribution in [0.3, 0.4) is 0 Å². The van der Waals surface area contributed by atoms with E-state index in [0.717, 1.165) is 6.42 Å². The van der Waals surface area contributed by atoms with Crippen LogP contribution in [0.15, 0.2) is 30.3 Å². The molecule has 2 unspecified atom stereocenters. The normalized spacial score (nSPS) is 14.5.